The number of hydrogen-bond donors (Lipinski definition) is 2. The summed E-state index contributed by atoms with van der Waals surface area (Å²) >= 11 is 11.5. The van der Waals surface area contributed by atoms with Crippen LogP contribution in [0, 0.1) is 0 Å². The molecule has 1 atom stereocenters. The van der Waals surface area contributed by atoms with Crippen molar-refractivity contribution in [3.8, 4) is 0 Å². The van der Waals surface area contributed by atoms with E-state index in [1.165, 1.54) is 0 Å². The molecule has 0 aliphatic rings. The lowest BCUT2D eigenvalue weighted by molar-refractivity contribution is 0.182. The first-order chi connectivity index (χ1) is 10.4. The van der Waals surface area contributed by atoms with Crippen molar-refractivity contribution in [2.75, 3.05) is 6.54 Å². The molecular formula is C15H15Cl2NO3S. The summed E-state index contributed by atoms with van der Waals surface area (Å²) < 4.78 is 26.4. The van der Waals surface area contributed by atoms with E-state index in [1.54, 1.807) is 48.5 Å². The number of aliphatic hydroxyl groups is 1. The van der Waals surface area contributed by atoms with Crippen molar-refractivity contribution < 1.29 is 13.5 Å². The number of halogens is 2. The molecular weight excluding hydrogens is 345 g/mol. The van der Waals surface area contributed by atoms with Gasteiger partial charge in [-0.05, 0) is 35.4 Å². The van der Waals surface area contributed by atoms with Crippen LogP contribution in [0.4, 0.5) is 0 Å². The Labute approximate surface area is 139 Å². The van der Waals surface area contributed by atoms with Gasteiger partial charge in [0, 0.05) is 16.6 Å². The smallest absolute Gasteiger partial charge is 0.215 e. The Morgan fingerprint density at radius 1 is 0.955 bits per heavy atom. The van der Waals surface area contributed by atoms with Gasteiger partial charge in [0.1, 0.15) is 0 Å². The van der Waals surface area contributed by atoms with Crippen LogP contribution in [0.1, 0.15) is 17.2 Å². The van der Waals surface area contributed by atoms with E-state index in [2.05, 4.69) is 4.72 Å². The van der Waals surface area contributed by atoms with Gasteiger partial charge in [-0.15, -0.1) is 0 Å². The van der Waals surface area contributed by atoms with E-state index in [0.29, 0.717) is 21.2 Å². The highest BCUT2D eigenvalue weighted by molar-refractivity contribution is 7.88. The number of aliphatic hydroxyl groups excluding tert-OH is 1. The van der Waals surface area contributed by atoms with Crippen LogP contribution >= 0.6 is 23.2 Å². The van der Waals surface area contributed by atoms with Gasteiger partial charge in [-0.1, -0.05) is 47.5 Å². The Hall–Kier alpha value is -1.11. The van der Waals surface area contributed by atoms with Gasteiger partial charge in [0.05, 0.1) is 11.9 Å². The summed E-state index contributed by atoms with van der Waals surface area (Å²) in [5.41, 5.74) is 1.22. The van der Waals surface area contributed by atoms with Crippen LogP contribution in [0.5, 0.6) is 0 Å². The first-order valence-electron chi connectivity index (χ1n) is 6.51. The van der Waals surface area contributed by atoms with Crippen molar-refractivity contribution in [2.24, 2.45) is 0 Å². The SMILES string of the molecule is O=S(=O)(Cc1ccc(Cl)cc1)NCC(O)c1ccc(Cl)cc1. The summed E-state index contributed by atoms with van der Waals surface area (Å²) in [6.45, 7) is -0.0996. The minimum Gasteiger partial charge on any atom is -0.387 e. The summed E-state index contributed by atoms with van der Waals surface area (Å²) in [5.74, 6) is -0.169. The van der Waals surface area contributed by atoms with E-state index in [1.807, 2.05) is 0 Å². The molecule has 0 saturated carbocycles. The first-order valence-corrected chi connectivity index (χ1v) is 8.92. The Bertz CT molecular complexity index is 715. The van der Waals surface area contributed by atoms with E-state index in [4.69, 9.17) is 23.2 Å². The predicted octanol–water partition coefficient (Wildman–Crippen LogP) is 3.15. The quantitative estimate of drug-likeness (QED) is 0.832. The average Bonchev–Trinajstić information content (AvgIpc) is 2.48. The van der Waals surface area contributed by atoms with E-state index in [9.17, 15) is 13.5 Å². The molecule has 2 aromatic rings. The fourth-order valence-corrected chi connectivity index (χ4v) is 3.26. The molecule has 7 heteroatoms. The van der Waals surface area contributed by atoms with E-state index < -0.39 is 16.1 Å². The van der Waals surface area contributed by atoms with Gasteiger partial charge in [0.2, 0.25) is 10.0 Å². The first kappa shape index (κ1) is 17.2. The van der Waals surface area contributed by atoms with Gasteiger partial charge < -0.3 is 5.11 Å². The van der Waals surface area contributed by atoms with Crippen LogP contribution in [0.15, 0.2) is 48.5 Å². The molecule has 1 unspecified atom stereocenters. The topological polar surface area (TPSA) is 66.4 Å². The molecule has 0 aliphatic carbocycles. The van der Waals surface area contributed by atoms with Gasteiger partial charge in [0.15, 0.2) is 0 Å². The van der Waals surface area contributed by atoms with Crippen LogP contribution in [0.3, 0.4) is 0 Å². The molecule has 2 N–H and O–H groups in total. The van der Waals surface area contributed by atoms with Crippen LogP contribution < -0.4 is 4.72 Å². The summed E-state index contributed by atoms with van der Waals surface area (Å²) in [7, 11) is -3.54. The molecule has 0 fully saturated rings. The number of rotatable bonds is 6. The monoisotopic (exact) mass is 359 g/mol. The lowest BCUT2D eigenvalue weighted by Crippen LogP contribution is -2.29. The van der Waals surface area contributed by atoms with E-state index in [-0.39, 0.29) is 12.3 Å². The standard InChI is InChI=1S/C15H15Cl2NO3S/c16-13-5-1-11(2-6-13)10-22(20,21)18-9-15(19)12-3-7-14(17)8-4-12/h1-8,15,18-19H,9-10H2. The summed E-state index contributed by atoms with van der Waals surface area (Å²) in [6, 6.07) is 13.2. The van der Waals surface area contributed by atoms with Gasteiger partial charge in [-0.25, -0.2) is 13.1 Å². The summed E-state index contributed by atoms with van der Waals surface area (Å²) in [4.78, 5) is 0. The molecule has 0 saturated heterocycles. The molecule has 0 aromatic heterocycles. The van der Waals surface area contributed by atoms with Crippen molar-refractivity contribution in [2.45, 2.75) is 11.9 Å². The van der Waals surface area contributed by atoms with Gasteiger partial charge in [0.25, 0.3) is 0 Å². The Balaban J connectivity index is 1.94. The lowest BCUT2D eigenvalue weighted by atomic mass is 10.1. The molecule has 2 rings (SSSR count). The number of hydrogen-bond acceptors (Lipinski definition) is 3. The maximum Gasteiger partial charge on any atom is 0.215 e. The third kappa shape index (κ3) is 5.26. The molecule has 0 heterocycles. The molecule has 0 aliphatic heterocycles. The number of nitrogens with one attached hydrogen (secondary N) is 1. The van der Waals surface area contributed by atoms with Crippen LogP contribution in [-0.2, 0) is 15.8 Å². The Morgan fingerprint density at radius 3 is 2.00 bits per heavy atom. The van der Waals surface area contributed by atoms with Crippen molar-refractivity contribution in [1.82, 2.24) is 4.72 Å². The Morgan fingerprint density at radius 2 is 1.45 bits per heavy atom. The third-order valence-corrected chi connectivity index (χ3v) is 4.85. The molecule has 0 amide bonds. The third-order valence-electron chi connectivity index (χ3n) is 3.02. The average molecular weight is 360 g/mol. The molecule has 4 nitrogen and oxygen atoms in total. The molecule has 2 aromatic carbocycles. The zero-order chi connectivity index (χ0) is 16.2. The van der Waals surface area contributed by atoms with Gasteiger partial charge in [-0.2, -0.15) is 0 Å². The van der Waals surface area contributed by atoms with Crippen molar-refractivity contribution in [1.29, 1.82) is 0 Å². The molecule has 22 heavy (non-hydrogen) atoms. The van der Waals surface area contributed by atoms with Gasteiger partial charge >= 0.3 is 0 Å². The van der Waals surface area contributed by atoms with Crippen LogP contribution in [-0.4, -0.2) is 20.1 Å². The normalized spacial score (nSPS) is 13.0. The number of benzene rings is 2. The second-order valence-corrected chi connectivity index (χ2v) is 7.48. The van der Waals surface area contributed by atoms with E-state index >= 15 is 0 Å². The van der Waals surface area contributed by atoms with E-state index in [0.717, 1.165) is 0 Å². The van der Waals surface area contributed by atoms with Crippen molar-refractivity contribution in [3.63, 3.8) is 0 Å². The minimum atomic E-state index is -3.54. The molecule has 118 valence electrons. The fraction of sp³-hybridized carbons (Fsp3) is 0.200. The largest absolute Gasteiger partial charge is 0.387 e. The summed E-state index contributed by atoms with van der Waals surface area (Å²) in [5, 5.41) is 11.1. The maximum absolute atomic E-state index is 12.0. The lowest BCUT2D eigenvalue weighted by Gasteiger charge is -2.13. The van der Waals surface area contributed by atoms with Gasteiger partial charge in [-0.3, -0.25) is 0 Å². The highest BCUT2D eigenvalue weighted by Crippen LogP contribution is 2.16. The second kappa shape index (κ2) is 7.44. The molecule has 0 spiro atoms. The molecule has 0 bridgehead atoms. The minimum absolute atomic E-state index is 0.0996. The highest BCUT2D eigenvalue weighted by atomic mass is 35.5. The Kier molecular flexibility index (Phi) is 5.83. The number of sulfonamides is 1. The highest BCUT2D eigenvalue weighted by Gasteiger charge is 2.15. The second-order valence-electron chi connectivity index (χ2n) is 4.80. The predicted molar refractivity (Wildman–Crippen MR) is 88.5 cm³/mol. The zero-order valence-corrected chi connectivity index (χ0v) is 13.9. The van der Waals surface area contributed by atoms with Crippen LogP contribution in [0.25, 0.3) is 0 Å². The fourth-order valence-electron chi connectivity index (χ4n) is 1.86. The zero-order valence-electron chi connectivity index (χ0n) is 11.5. The summed E-state index contributed by atoms with van der Waals surface area (Å²) in [6.07, 6.45) is -0.933. The van der Waals surface area contributed by atoms with Crippen molar-refractivity contribution >= 4 is 33.2 Å². The van der Waals surface area contributed by atoms with Crippen LogP contribution in [0.2, 0.25) is 10.0 Å². The maximum atomic E-state index is 12.0. The van der Waals surface area contributed by atoms with Crippen molar-refractivity contribution in [3.05, 3.63) is 69.7 Å². The molecule has 0 radical (unpaired) electrons.